The number of ether oxygens (including phenoxy) is 1. The maximum absolute atomic E-state index is 12.0. The third-order valence-corrected chi connectivity index (χ3v) is 3.49. The molecule has 1 rings (SSSR count). The van der Waals surface area contributed by atoms with Gasteiger partial charge >= 0.3 is 5.97 Å². The fourth-order valence-electron chi connectivity index (χ4n) is 2.07. The Bertz CT molecular complexity index is 572. The molecule has 116 valence electrons. The lowest BCUT2D eigenvalue weighted by Crippen LogP contribution is -2.36. The molecule has 0 saturated heterocycles. The van der Waals surface area contributed by atoms with E-state index < -0.39 is 5.97 Å². The van der Waals surface area contributed by atoms with Gasteiger partial charge in [0.25, 0.3) is 5.91 Å². The third kappa shape index (κ3) is 3.71. The number of likely N-dealkylation sites (N-methyl/N-ethyl adjacent to an activating group) is 1. The van der Waals surface area contributed by atoms with Crippen molar-refractivity contribution in [2.75, 3.05) is 13.7 Å². The van der Waals surface area contributed by atoms with Gasteiger partial charge in [-0.3, -0.25) is 9.59 Å². The number of carbonyl (C=O) groups excluding carboxylic acids is 3. The molecule has 0 spiro atoms. The number of ketones is 1. The van der Waals surface area contributed by atoms with Crippen molar-refractivity contribution in [3.8, 4) is 0 Å². The second kappa shape index (κ2) is 6.56. The molecule has 0 radical (unpaired) electrons. The van der Waals surface area contributed by atoms with Gasteiger partial charge in [0.1, 0.15) is 5.69 Å². The van der Waals surface area contributed by atoms with Crippen LogP contribution in [0.15, 0.2) is 0 Å². The molecule has 1 amide bonds. The van der Waals surface area contributed by atoms with E-state index in [1.54, 1.807) is 20.9 Å². The maximum Gasteiger partial charge on any atom is 0.355 e. The topological polar surface area (TPSA) is 79.5 Å². The zero-order valence-corrected chi connectivity index (χ0v) is 13.4. The van der Waals surface area contributed by atoms with E-state index in [1.165, 1.54) is 11.8 Å². The van der Waals surface area contributed by atoms with Gasteiger partial charge in [0.2, 0.25) is 0 Å². The zero-order valence-electron chi connectivity index (χ0n) is 13.4. The summed E-state index contributed by atoms with van der Waals surface area (Å²) in [5.41, 5.74) is 1.89. The summed E-state index contributed by atoms with van der Waals surface area (Å²) in [5.74, 6) is -1.02. The van der Waals surface area contributed by atoms with Crippen LogP contribution in [0.4, 0.5) is 0 Å². The van der Waals surface area contributed by atoms with Crippen LogP contribution in [0.3, 0.4) is 0 Å². The number of Topliss-reactive ketones (excluding diaryl/α,β-unsaturated/α-hetero) is 1. The molecule has 6 nitrogen and oxygen atoms in total. The van der Waals surface area contributed by atoms with Crippen molar-refractivity contribution in [3.05, 3.63) is 22.5 Å². The molecular formula is C15H22N2O4. The zero-order chi connectivity index (χ0) is 16.3. The number of H-pyrrole nitrogens is 1. The first kappa shape index (κ1) is 16.9. The highest BCUT2D eigenvalue weighted by atomic mass is 16.5. The molecule has 1 heterocycles. The molecule has 0 saturated carbocycles. The fraction of sp³-hybridized carbons (Fsp3) is 0.533. The molecule has 6 heteroatoms. The second-order valence-corrected chi connectivity index (χ2v) is 5.36. The number of hydrogen-bond acceptors (Lipinski definition) is 4. The fourth-order valence-corrected chi connectivity index (χ4v) is 2.07. The molecule has 21 heavy (non-hydrogen) atoms. The van der Waals surface area contributed by atoms with E-state index >= 15 is 0 Å². The van der Waals surface area contributed by atoms with Crippen LogP contribution in [0, 0.1) is 13.8 Å². The molecule has 1 aromatic heterocycles. The minimum absolute atomic E-state index is 0.0370. The van der Waals surface area contributed by atoms with E-state index in [2.05, 4.69) is 4.98 Å². The first-order valence-corrected chi connectivity index (χ1v) is 6.79. The summed E-state index contributed by atoms with van der Waals surface area (Å²) in [6.45, 7) is 8.27. The Hall–Kier alpha value is -2.11. The van der Waals surface area contributed by atoms with E-state index in [-0.39, 0.29) is 30.0 Å². The van der Waals surface area contributed by atoms with Crippen molar-refractivity contribution in [2.45, 2.75) is 40.7 Å². The molecule has 0 fully saturated rings. The number of rotatable bonds is 5. The average Bonchev–Trinajstić information content (AvgIpc) is 2.69. The molecule has 1 N–H and O–H groups in total. The minimum Gasteiger partial charge on any atom is -0.451 e. The van der Waals surface area contributed by atoms with Crippen LogP contribution in [0.25, 0.3) is 0 Å². The van der Waals surface area contributed by atoms with Crippen LogP contribution >= 0.6 is 0 Å². The normalized spacial score (nSPS) is 10.6. The summed E-state index contributed by atoms with van der Waals surface area (Å²) in [7, 11) is 1.65. The molecule has 0 aliphatic rings. The quantitative estimate of drug-likeness (QED) is 0.664. The van der Waals surface area contributed by atoms with Gasteiger partial charge in [-0.1, -0.05) is 0 Å². The van der Waals surface area contributed by atoms with E-state index in [4.69, 9.17) is 4.74 Å². The van der Waals surface area contributed by atoms with Crippen molar-refractivity contribution in [3.63, 3.8) is 0 Å². The lowest BCUT2D eigenvalue weighted by atomic mass is 10.1. The lowest BCUT2D eigenvalue weighted by Gasteiger charge is -2.21. The Morgan fingerprint density at radius 3 is 2.24 bits per heavy atom. The van der Waals surface area contributed by atoms with Gasteiger partial charge in [0.15, 0.2) is 12.4 Å². The minimum atomic E-state index is -0.631. The van der Waals surface area contributed by atoms with E-state index in [9.17, 15) is 14.4 Å². The van der Waals surface area contributed by atoms with Gasteiger partial charge in [-0.25, -0.2) is 4.79 Å². The van der Waals surface area contributed by atoms with Gasteiger partial charge in [-0.2, -0.15) is 0 Å². The number of esters is 1. The Balaban J connectivity index is 2.80. The summed E-state index contributed by atoms with van der Waals surface area (Å²) in [4.78, 5) is 39.7. The first-order chi connectivity index (χ1) is 9.66. The Morgan fingerprint density at radius 2 is 1.81 bits per heavy atom. The number of hydrogen-bond donors (Lipinski definition) is 1. The molecule has 0 aromatic carbocycles. The van der Waals surface area contributed by atoms with Gasteiger partial charge in [0, 0.05) is 24.3 Å². The summed E-state index contributed by atoms with van der Waals surface area (Å²) in [5, 5.41) is 0. The van der Waals surface area contributed by atoms with Crippen molar-refractivity contribution in [1.29, 1.82) is 0 Å². The summed E-state index contributed by atoms with van der Waals surface area (Å²) in [6, 6.07) is 0.0370. The number of amides is 1. The Morgan fingerprint density at radius 1 is 1.24 bits per heavy atom. The largest absolute Gasteiger partial charge is 0.451 e. The van der Waals surface area contributed by atoms with Crippen molar-refractivity contribution < 1.29 is 19.1 Å². The van der Waals surface area contributed by atoms with Crippen LogP contribution < -0.4 is 0 Å². The summed E-state index contributed by atoms with van der Waals surface area (Å²) in [6.07, 6.45) is 0. The molecule has 0 unspecified atom stereocenters. The Kier molecular flexibility index (Phi) is 5.29. The standard InChI is InChI=1S/C15H22N2O4/c1-8(2)17(6)12(19)7-21-15(20)14-9(3)13(11(5)18)10(4)16-14/h8,16H,7H2,1-6H3. The lowest BCUT2D eigenvalue weighted by molar-refractivity contribution is -0.134. The molecule has 0 atom stereocenters. The van der Waals surface area contributed by atoms with Crippen LogP contribution in [0.2, 0.25) is 0 Å². The number of aromatic nitrogens is 1. The molecule has 0 aliphatic heterocycles. The van der Waals surface area contributed by atoms with Gasteiger partial charge in [-0.05, 0) is 40.2 Å². The smallest absolute Gasteiger partial charge is 0.355 e. The molecule has 0 aliphatic carbocycles. The second-order valence-electron chi connectivity index (χ2n) is 5.36. The van der Waals surface area contributed by atoms with Crippen molar-refractivity contribution >= 4 is 17.7 Å². The monoisotopic (exact) mass is 294 g/mol. The highest BCUT2D eigenvalue weighted by Gasteiger charge is 2.22. The maximum atomic E-state index is 12.0. The molecular weight excluding hydrogens is 272 g/mol. The third-order valence-electron chi connectivity index (χ3n) is 3.49. The number of carbonyl (C=O) groups is 3. The highest BCUT2D eigenvalue weighted by Crippen LogP contribution is 2.19. The van der Waals surface area contributed by atoms with Crippen LogP contribution in [0.1, 0.15) is 52.9 Å². The number of nitrogens with one attached hydrogen (secondary N) is 1. The average molecular weight is 294 g/mol. The van der Waals surface area contributed by atoms with Crippen molar-refractivity contribution in [2.24, 2.45) is 0 Å². The molecule has 0 bridgehead atoms. The SMILES string of the molecule is CC(=O)c1c(C)[nH]c(C(=O)OCC(=O)N(C)C(C)C)c1C. The number of aryl methyl sites for hydroxylation is 1. The predicted octanol–water partition coefficient (Wildman–Crippen LogP) is 1.86. The highest BCUT2D eigenvalue weighted by molar-refractivity contribution is 6.01. The van der Waals surface area contributed by atoms with Crippen molar-refractivity contribution in [1.82, 2.24) is 9.88 Å². The number of nitrogens with zero attached hydrogens (tertiary/aromatic N) is 1. The van der Waals surface area contributed by atoms with Crippen LogP contribution in [-0.2, 0) is 9.53 Å². The number of aromatic amines is 1. The predicted molar refractivity (Wildman–Crippen MR) is 78.5 cm³/mol. The van der Waals surface area contributed by atoms with E-state index in [0.717, 1.165) is 0 Å². The van der Waals surface area contributed by atoms with Crippen LogP contribution in [-0.4, -0.2) is 47.2 Å². The van der Waals surface area contributed by atoms with Gasteiger partial charge in [0.05, 0.1) is 0 Å². The van der Waals surface area contributed by atoms with Gasteiger partial charge < -0.3 is 14.6 Å². The molecule has 1 aromatic rings. The summed E-state index contributed by atoms with van der Waals surface area (Å²) < 4.78 is 5.02. The van der Waals surface area contributed by atoms with E-state index in [1.807, 2.05) is 13.8 Å². The summed E-state index contributed by atoms with van der Waals surface area (Å²) >= 11 is 0. The van der Waals surface area contributed by atoms with Gasteiger partial charge in [-0.15, -0.1) is 0 Å². The first-order valence-electron chi connectivity index (χ1n) is 6.79. The van der Waals surface area contributed by atoms with Crippen LogP contribution in [0.5, 0.6) is 0 Å². The Labute approximate surface area is 124 Å². The van der Waals surface area contributed by atoms with E-state index in [0.29, 0.717) is 16.8 Å².